The maximum Gasteiger partial charge on any atom is 0.408 e. The molecule has 9 nitrogen and oxygen atoms in total. The summed E-state index contributed by atoms with van der Waals surface area (Å²) in [7, 11) is 0. The minimum Gasteiger partial charge on any atom is -0.449 e. The zero-order valence-corrected chi connectivity index (χ0v) is 17.3. The standard InChI is InChI=1S/C19H18IN5O4/c20-17-7-6-15(29-17)10-23-25-18(26)16(8-14-9-21-12-22-14)24-19(27)28-11-13-4-2-1-3-5-13/h1-7,9-10,12,16H,8,11H2,(H,21,22)(H,24,27)(H,25,26)/b23-10-/t16-/m0/s1. The van der Waals surface area contributed by atoms with Crippen LogP contribution in [-0.2, 0) is 22.6 Å². The Balaban J connectivity index is 1.58. The van der Waals surface area contributed by atoms with Crippen LogP contribution in [0.15, 0.2) is 64.5 Å². The van der Waals surface area contributed by atoms with E-state index in [4.69, 9.17) is 9.15 Å². The van der Waals surface area contributed by atoms with E-state index in [-0.39, 0.29) is 13.0 Å². The Morgan fingerprint density at radius 3 is 2.79 bits per heavy atom. The van der Waals surface area contributed by atoms with Gasteiger partial charge in [0.2, 0.25) is 0 Å². The molecule has 0 radical (unpaired) electrons. The van der Waals surface area contributed by atoms with Gasteiger partial charge in [-0.05, 0) is 40.3 Å². The summed E-state index contributed by atoms with van der Waals surface area (Å²) in [4.78, 5) is 31.5. The molecule has 2 aromatic heterocycles. The number of rotatable bonds is 8. The number of hydrazone groups is 1. The van der Waals surface area contributed by atoms with Gasteiger partial charge < -0.3 is 19.5 Å². The van der Waals surface area contributed by atoms with Gasteiger partial charge in [0.05, 0.1) is 12.5 Å². The van der Waals surface area contributed by atoms with E-state index in [1.54, 1.807) is 18.3 Å². The normalized spacial score (nSPS) is 11.9. The number of halogens is 1. The topological polar surface area (TPSA) is 122 Å². The molecule has 3 aromatic rings. The summed E-state index contributed by atoms with van der Waals surface area (Å²) in [5.41, 5.74) is 3.92. The van der Waals surface area contributed by atoms with Crippen molar-refractivity contribution in [1.82, 2.24) is 20.7 Å². The molecule has 1 aromatic carbocycles. The van der Waals surface area contributed by atoms with Crippen LogP contribution in [0.5, 0.6) is 0 Å². The molecule has 2 heterocycles. The summed E-state index contributed by atoms with van der Waals surface area (Å²) in [5, 5.41) is 6.42. The van der Waals surface area contributed by atoms with Crippen molar-refractivity contribution in [2.24, 2.45) is 5.10 Å². The fourth-order valence-corrected chi connectivity index (χ4v) is 2.80. The van der Waals surface area contributed by atoms with Crippen LogP contribution in [0.1, 0.15) is 17.0 Å². The smallest absolute Gasteiger partial charge is 0.408 e. The Morgan fingerprint density at radius 2 is 2.10 bits per heavy atom. The molecular formula is C19H18IN5O4. The van der Waals surface area contributed by atoms with Gasteiger partial charge in [0, 0.05) is 18.3 Å². The van der Waals surface area contributed by atoms with Crippen LogP contribution in [0.25, 0.3) is 0 Å². The Hall–Kier alpha value is -3.15. The second-order valence-electron chi connectivity index (χ2n) is 5.92. The molecule has 29 heavy (non-hydrogen) atoms. The van der Waals surface area contributed by atoms with Crippen molar-refractivity contribution in [1.29, 1.82) is 0 Å². The molecule has 0 saturated carbocycles. The molecule has 0 bridgehead atoms. The van der Waals surface area contributed by atoms with E-state index in [0.29, 0.717) is 15.2 Å². The number of H-pyrrole nitrogens is 1. The van der Waals surface area contributed by atoms with Crippen LogP contribution < -0.4 is 10.7 Å². The highest BCUT2D eigenvalue weighted by atomic mass is 127. The lowest BCUT2D eigenvalue weighted by atomic mass is 10.1. The molecule has 150 valence electrons. The molecule has 0 aliphatic rings. The second kappa shape index (κ2) is 10.4. The number of aromatic nitrogens is 2. The molecule has 1 atom stereocenters. The number of imidazole rings is 1. The third kappa shape index (κ3) is 6.75. The SMILES string of the molecule is O=C(N[C@@H](Cc1cnc[nH]1)C(=O)N/N=C\c1ccc(I)o1)OCc1ccccc1. The number of nitrogens with zero attached hydrogens (tertiary/aromatic N) is 2. The van der Waals surface area contributed by atoms with Crippen LogP contribution in [-0.4, -0.2) is 34.2 Å². The second-order valence-corrected chi connectivity index (χ2v) is 6.98. The highest BCUT2D eigenvalue weighted by molar-refractivity contribution is 14.1. The van der Waals surface area contributed by atoms with Crippen molar-refractivity contribution in [3.8, 4) is 0 Å². The number of ether oxygens (including phenoxy) is 1. The number of furan rings is 1. The van der Waals surface area contributed by atoms with Crippen LogP contribution in [0.3, 0.4) is 0 Å². The van der Waals surface area contributed by atoms with Crippen molar-refractivity contribution in [2.75, 3.05) is 0 Å². The van der Waals surface area contributed by atoms with Crippen LogP contribution >= 0.6 is 22.6 Å². The summed E-state index contributed by atoms with van der Waals surface area (Å²) >= 11 is 2.03. The highest BCUT2D eigenvalue weighted by Crippen LogP contribution is 2.08. The number of carbonyl (C=O) groups excluding carboxylic acids is 2. The number of alkyl carbamates (subject to hydrolysis) is 1. The van der Waals surface area contributed by atoms with Gasteiger partial charge in [-0.2, -0.15) is 5.10 Å². The summed E-state index contributed by atoms with van der Waals surface area (Å²) in [5.74, 6) is -0.0104. The van der Waals surface area contributed by atoms with Crippen molar-refractivity contribution in [2.45, 2.75) is 19.1 Å². The largest absolute Gasteiger partial charge is 0.449 e. The summed E-state index contributed by atoms with van der Waals surface area (Å²) in [6, 6.07) is 11.8. The zero-order valence-electron chi connectivity index (χ0n) is 15.2. The molecule has 0 spiro atoms. The summed E-state index contributed by atoms with van der Waals surface area (Å²) in [6.45, 7) is 0.0976. The predicted molar refractivity (Wildman–Crippen MR) is 113 cm³/mol. The number of hydrogen-bond acceptors (Lipinski definition) is 6. The first-order valence-corrected chi connectivity index (χ1v) is 9.71. The molecule has 2 amide bonds. The molecule has 0 aliphatic heterocycles. The molecule has 0 unspecified atom stereocenters. The van der Waals surface area contributed by atoms with E-state index in [1.165, 1.54) is 12.5 Å². The summed E-state index contributed by atoms with van der Waals surface area (Å²) < 4.78 is 11.2. The van der Waals surface area contributed by atoms with Crippen molar-refractivity contribution in [3.63, 3.8) is 0 Å². The number of benzene rings is 1. The Kier molecular flexibility index (Phi) is 7.39. The van der Waals surface area contributed by atoms with Crippen LogP contribution in [0, 0.1) is 3.77 Å². The Morgan fingerprint density at radius 1 is 1.28 bits per heavy atom. The van der Waals surface area contributed by atoms with Crippen molar-refractivity contribution < 1.29 is 18.7 Å². The lowest BCUT2D eigenvalue weighted by Gasteiger charge is -2.16. The van der Waals surface area contributed by atoms with Gasteiger partial charge in [-0.3, -0.25) is 4.79 Å². The van der Waals surface area contributed by atoms with Crippen LogP contribution in [0.4, 0.5) is 4.79 Å². The maximum absolute atomic E-state index is 12.5. The quantitative estimate of drug-likeness (QED) is 0.246. The Labute approximate surface area is 180 Å². The van der Waals surface area contributed by atoms with Gasteiger partial charge in [0.25, 0.3) is 5.91 Å². The van der Waals surface area contributed by atoms with Gasteiger partial charge in [-0.15, -0.1) is 0 Å². The van der Waals surface area contributed by atoms with E-state index >= 15 is 0 Å². The third-order valence-electron chi connectivity index (χ3n) is 3.76. The average molecular weight is 507 g/mol. The number of carbonyl (C=O) groups is 2. The predicted octanol–water partition coefficient (Wildman–Crippen LogP) is 2.60. The Bertz CT molecular complexity index is 956. The average Bonchev–Trinajstić information content (AvgIpc) is 3.38. The van der Waals surface area contributed by atoms with Gasteiger partial charge in [0.15, 0.2) is 3.77 Å². The van der Waals surface area contributed by atoms with Crippen molar-refractivity contribution >= 4 is 40.8 Å². The molecule has 0 fully saturated rings. The molecular weight excluding hydrogens is 489 g/mol. The van der Waals surface area contributed by atoms with E-state index < -0.39 is 18.0 Å². The number of aromatic amines is 1. The number of nitrogens with one attached hydrogen (secondary N) is 3. The summed E-state index contributed by atoms with van der Waals surface area (Å²) in [6.07, 6.45) is 3.93. The lowest BCUT2D eigenvalue weighted by Crippen LogP contribution is -2.47. The molecule has 0 saturated heterocycles. The van der Waals surface area contributed by atoms with Crippen LogP contribution in [0.2, 0.25) is 0 Å². The molecule has 10 heteroatoms. The number of amides is 2. The molecule has 0 aliphatic carbocycles. The van der Waals surface area contributed by atoms with Gasteiger partial charge >= 0.3 is 6.09 Å². The number of hydrogen-bond donors (Lipinski definition) is 3. The third-order valence-corrected chi connectivity index (χ3v) is 4.34. The maximum atomic E-state index is 12.5. The van der Waals surface area contributed by atoms with Gasteiger partial charge in [-0.25, -0.2) is 15.2 Å². The first kappa shape index (κ1) is 20.6. The first-order chi connectivity index (χ1) is 14.1. The van der Waals surface area contributed by atoms with E-state index in [1.807, 2.05) is 52.9 Å². The highest BCUT2D eigenvalue weighted by Gasteiger charge is 2.22. The lowest BCUT2D eigenvalue weighted by molar-refractivity contribution is -0.123. The van der Waals surface area contributed by atoms with Gasteiger partial charge in [0.1, 0.15) is 18.4 Å². The zero-order chi connectivity index (χ0) is 20.5. The van der Waals surface area contributed by atoms with E-state index in [0.717, 1.165) is 5.56 Å². The minimum absolute atomic E-state index is 0.0976. The molecule has 3 rings (SSSR count). The minimum atomic E-state index is -0.910. The molecule has 3 N–H and O–H groups in total. The fourth-order valence-electron chi connectivity index (χ4n) is 2.37. The first-order valence-electron chi connectivity index (χ1n) is 8.63. The fraction of sp³-hybridized carbons (Fsp3) is 0.158. The monoisotopic (exact) mass is 507 g/mol. The van der Waals surface area contributed by atoms with Gasteiger partial charge in [-0.1, -0.05) is 30.3 Å². The van der Waals surface area contributed by atoms with Crippen molar-refractivity contribution in [3.05, 3.63) is 75.8 Å². The van der Waals surface area contributed by atoms with E-state index in [9.17, 15) is 9.59 Å². The van der Waals surface area contributed by atoms with E-state index in [2.05, 4.69) is 25.8 Å².